The number of hydrogen-bond acceptors (Lipinski definition) is 4. The highest BCUT2D eigenvalue weighted by molar-refractivity contribution is 5.78. The van der Waals surface area contributed by atoms with Gasteiger partial charge in [-0.15, -0.1) is 13.2 Å². The molecule has 2 aromatic carbocycles. The molecule has 0 bridgehead atoms. The lowest BCUT2D eigenvalue weighted by molar-refractivity contribution is 0.203. The van der Waals surface area contributed by atoms with Crippen molar-refractivity contribution in [3.8, 4) is 22.6 Å². The predicted octanol–water partition coefficient (Wildman–Crippen LogP) is 4.14. The molecule has 2 aromatic rings. The molecule has 0 aromatic heterocycles. The van der Waals surface area contributed by atoms with Crippen LogP contribution < -0.4 is 5.73 Å². The van der Waals surface area contributed by atoms with Gasteiger partial charge in [-0.3, -0.25) is 4.90 Å². The van der Waals surface area contributed by atoms with Crippen LogP contribution in [0.4, 0.5) is 0 Å². The number of nitrogens with two attached hydrogens (primary N) is 1. The maximum absolute atomic E-state index is 11.1. The van der Waals surface area contributed by atoms with Gasteiger partial charge in [0.15, 0.2) is 0 Å². The third-order valence-corrected chi connectivity index (χ3v) is 5.39. The molecule has 0 radical (unpaired) electrons. The number of nitrogens with zero attached hydrogens (tertiary/aromatic N) is 1. The lowest BCUT2D eigenvalue weighted by atomic mass is 9.94. The fraction of sp³-hybridized carbons (Fsp3) is 0.333. The van der Waals surface area contributed by atoms with Crippen LogP contribution in [0.15, 0.2) is 55.6 Å². The average Bonchev–Trinajstić information content (AvgIpc) is 2.68. The van der Waals surface area contributed by atoms with Crippen LogP contribution in [-0.2, 0) is 19.4 Å². The number of allylic oxidation sites excluding steroid dienone is 2. The zero-order valence-corrected chi connectivity index (χ0v) is 16.4. The smallest absolute Gasteiger partial charge is 0.128 e. The van der Waals surface area contributed by atoms with E-state index in [1.807, 2.05) is 36.4 Å². The van der Waals surface area contributed by atoms with Crippen LogP contribution in [-0.4, -0.2) is 34.2 Å². The number of phenolic OH excluding ortho intramolecular Hbond substituents is 2. The lowest BCUT2D eigenvalue weighted by Gasteiger charge is -2.30. The molecule has 1 aliphatic rings. The first kappa shape index (κ1) is 20.2. The van der Waals surface area contributed by atoms with Crippen LogP contribution in [0.5, 0.6) is 11.5 Å². The summed E-state index contributed by atoms with van der Waals surface area (Å²) in [5.41, 5.74) is 10.3. The van der Waals surface area contributed by atoms with E-state index in [2.05, 4.69) is 18.1 Å². The second kappa shape index (κ2) is 9.09. The van der Waals surface area contributed by atoms with E-state index in [1.165, 1.54) is 0 Å². The third-order valence-electron chi connectivity index (χ3n) is 5.39. The number of rotatable bonds is 7. The highest BCUT2D eigenvalue weighted by Gasteiger charge is 2.20. The van der Waals surface area contributed by atoms with Gasteiger partial charge in [0, 0.05) is 29.3 Å². The van der Waals surface area contributed by atoms with E-state index in [0.29, 0.717) is 30.5 Å². The Balaban J connectivity index is 2.01. The highest BCUT2D eigenvalue weighted by atomic mass is 16.3. The molecule has 0 aliphatic carbocycles. The molecule has 1 fully saturated rings. The van der Waals surface area contributed by atoms with Crippen molar-refractivity contribution >= 4 is 0 Å². The van der Waals surface area contributed by atoms with E-state index in [-0.39, 0.29) is 17.5 Å². The summed E-state index contributed by atoms with van der Waals surface area (Å²) < 4.78 is 0. The van der Waals surface area contributed by atoms with Gasteiger partial charge in [-0.25, -0.2) is 0 Å². The first-order valence-corrected chi connectivity index (χ1v) is 9.88. The molecule has 0 amide bonds. The van der Waals surface area contributed by atoms with E-state index in [1.54, 1.807) is 6.07 Å². The van der Waals surface area contributed by atoms with Gasteiger partial charge in [-0.2, -0.15) is 0 Å². The fourth-order valence-electron chi connectivity index (χ4n) is 3.82. The largest absolute Gasteiger partial charge is 0.507 e. The first-order valence-electron chi connectivity index (χ1n) is 9.88. The molecular weight excluding hydrogens is 348 g/mol. The number of likely N-dealkylation sites (tertiary alicyclic amines) is 1. The van der Waals surface area contributed by atoms with Crippen molar-refractivity contribution in [3.63, 3.8) is 0 Å². The van der Waals surface area contributed by atoms with Gasteiger partial charge in [-0.05, 0) is 68.1 Å². The van der Waals surface area contributed by atoms with E-state index in [4.69, 9.17) is 5.73 Å². The highest BCUT2D eigenvalue weighted by Crippen LogP contribution is 2.39. The standard InChI is InChI=1S/C24H30N2O2/c1-3-5-17-7-8-23(27)21(14-17)22-15-18(6-4-2)13-19(24(22)28)16-26-11-9-20(25)10-12-26/h3-4,7-8,13-15,20,27-28H,1-2,5-6,9-12,16,25H2. The minimum absolute atomic E-state index is 0.161. The van der Waals surface area contributed by atoms with Gasteiger partial charge in [0.25, 0.3) is 0 Å². The minimum Gasteiger partial charge on any atom is -0.507 e. The number of aromatic hydroxyl groups is 2. The molecule has 4 nitrogen and oxygen atoms in total. The summed E-state index contributed by atoms with van der Waals surface area (Å²) in [6.45, 7) is 10.2. The SMILES string of the molecule is C=CCc1ccc(O)c(-c2cc(CC=C)cc(CN3CCC(N)CC3)c2O)c1. The molecule has 1 heterocycles. The second-order valence-electron chi connectivity index (χ2n) is 7.60. The van der Waals surface area contributed by atoms with Crippen molar-refractivity contribution in [1.29, 1.82) is 0 Å². The van der Waals surface area contributed by atoms with Gasteiger partial charge in [-0.1, -0.05) is 24.3 Å². The predicted molar refractivity (Wildman–Crippen MR) is 115 cm³/mol. The lowest BCUT2D eigenvalue weighted by Crippen LogP contribution is -2.39. The van der Waals surface area contributed by atoms with Gasteiger partial charge < -0.3 is 15.9 Å². The minimum atomic E-state index is 0.161. The molecule has 4 N–H and O–H groups in total. The van der Waals surface area contributed by atoms with E-state index in [9.17, 15) is 10.2 Å². The van der Waals surface area contributed by atoms with Gasteiger partial charge in [0.1, 0.15) is 11.5 Å². The van der Waals surface area contributed by atoms with Crippen molar-refractivity contribution in [2.24, 2.45) is 5.73 Å². The summed E-state index contributed by atoms with van der Waals surface area (Å²) in [6.07, 6.45) is 7.05. The number of benzene rings is 2. The zero-order chi connectivity index (χ0) is 20.1. The summed E-state index contributed by atoms with van der Waals surface area (Å²) in [7, 11) is 0. The van der Waals surface area contributed by atoms with Crippen LogP contribution in [0, 0.1) is 0 Å². The van der Waals surface area contributed by atoms with Crippen LogP contribution in [0.3, 0.4) is 0 Å². The van der Waals surface area contributed by atoms with Crippen molar-refractivity contribution in [3.05, 3.63) is 72.3 Å². The van der Waals surface area contributed by atoms with Crippen molar-refractivity contribution in [1.82, 2.24) is 4.90 Å². The number of phenols is 2. The molecule has 3 rings (SSSR count). The Labute approximate surface area is 167 Å². The zero-order valence-electron chi connectivity index (χ0n) is 16.4. The Morgan fingerprint density at radius 2 is 1.61 bits per heavy atom. The second-order valence-corrected chi connectivity index (χ2v) is 7.60. The maximum atomic E-state index is 11.1. The first-order chi connectivity index (χ1) is 13.5. The Kier molecular flexibility index (Phi) is 6.55. The van der Waals surface area contributed by atoms with E-state index < -0.39 is 0 Å². The Bertz CT molecular complexity index is 852. The van der Waals surface area contributed by atoms with E-state index >= 15 is 0 Å². The summed E-state index contributed by atoms with van der Waals surface area (Å²) in [5, 5.41) is 21.5. The summed E-state index contributed by atoms with van der Waals surface area (Å²) in [4.78, 5) is 2.33. The third kappa shape index (κ3) is 4.64. The Morgan fingerprint density at radius 3 is 2.29 bits per heavy atom. The Hall–Kier alpha value is -2.56. The molecule has 4 heteroatoms. The summed E-state index contributed by atoms with van der Waals surface area (Å²) >= 11 is 0. The molecule has 0 saturated carbocycles. The average molecular weight is 379 g/mol. The normalized spacial score (nSPS) is 15.5. The van der Waals surface area contributed by atoms with Crippen molar-refractivity contribution < 1.29 is 10.2 Å². The maximum Gasteiger partial charge on any atom is 0.128 e. The monoisotopic (exact) mass is 378 g/mol. The molecule has 28 heavy (non-hydrogen) atoms. The Morgan fingerprint density at radius 1 is 0.964 bits per heavy atom. The fourth-order valence-corrected chi connectivity index (χ4v) is 3.82. The summed E-state index contributed by atoms with van der Waals surface area (Å²) in [6, 6.07) is 9.74. The van der Waals surface area contributed by atoms with Crippen molar-refractivity contribution in [2.75, 3.05) is 13.1 Å². The van der Waals surface area contributed by atoms with Gasteiger partial charge >= 0.3 is 0 Å². The van der Waals surface area contributed by atoms with Gasteiger partial charge in [0.05, 0.1) is 0 Å². The van der Waals surface area contributed by atoms with Crippen molar-refractivity contribution in [2.45, 2.75) is 38.3 Å². The van der Waals surface area contributed by atoms with Crippen LogP contribution in [0.1, 0.15) is 29.5 Å². The molecule has 0 atom stereocenters. The molecule has 0 spiro atoms. The molecule has 1 saturated heterocycles. The quantitative estimate of drug-likeness (QED) is 0.633. The van der Waals surface area contributed by atoms with Gasteiger partial charge in [0.2, 0.25) is 0 Å². The van der Waals surface area contributed by atoms with Crippen LogP contribution in [0.25, 0.3) is 11.1 Å². The van der Waals surface area contributed by atoms with Crippen LogP contribution >= 0.6 is 0 Å². The number of piperidine rings is 1. The molecule has 1 aliphatic heterocycles. The molecular formula is C24H30N2O2. The number of hydrogen-bond donors (Lipinski definition) is 3. The summed E-state index contributed by atoms with van der Waals surface area (Å²) in [5.74, 6) is 0.391. The topological polar surface area (TPSA) is 69.7 Å². The molecule has 148 valence electrons. The molecule has 0 unspecified atom stereocenters. The van der Waals surface area contributed by atoms with Crippen LogP contribution in [0.2, 0.25) is 0 Å². The van der Waals surface area contributed by atoms with E-state index in [0.717, 1.165) is 42.6 Å².